The van der Waals surface area contributed by atoms with E-state index in [0.29, 0.717) is 5.56 Å². The molecular formula is C20H22N2O6. The van der Waals surface area contributed by atoms with Gasteiger partial charge >= 0.3 is 5.97 Å². The number of carbonyl (C=O) groups excluding carboxylic acids is 2. The van der Waals surface area contributed by atoms with Crippen LogP contribution in [0, 0.1) is 10.1 Å². The first-order valence-corrected chi connectivity index (χ1v) is 8.84. The molecule has 0 aliphatic heterocycles. The second-order valence-electron chi connectivity index (χ2n) is 6.10. The second-order valence-corrected chi connectivity index (χ2v) is 6.10. The Morgan fingerprint density at radius 3 is 2.46 bits per heavy atom. The molecule has 0 fully saturated rings. The Morgan fingerprint density at radius 2 is 1.89 bits per heavy atom. The van der Waals surface area contributed by atoms with Crippen molar-refractivity contribution in [2.75, 3.05) is 18.5 Å². The lowest BCUT2D eigenvalue weighted by atomic mass is 10.0. The summed E-state index contributed by atoms with van der Waals surface area (Å²) < 4.78 is 5.25. The summed E-state index contributed by atoms with van der Waals surface area (Å²) in [5.74, 6) is -1.23. The number of benzene rings is 2. The second kappa shape index (κ2) is 9.61. The number of aliphatic hydroxyl groups excluding tert-OH is 1. The maximum atomic E-state index is 12.6. The normalized spacial score (nSPS) is 11.5. The SMILES string of the molecule is CCc1ccc(C(=O)[C@H](C)OC(=O)c2cc([N+](=O)[O-])ccc2NCCO)cc1. The summed E-state index contributed by atoms with van der Waals surface area (Å²) in [5.41, 5.74) is 1.41. The van der Waals surface area contributed by atoms with Crippen molar-refractivity contribution in [3.8, 4) is 0 Å². The van der Waals surface area contributed by atoms with Crippen molar-refractivity contribution in [1.29, 1.82) is 0 Å². The van der Waals surface area contributed by atoms with Crippen LogP contribution in [-0.4, -0.2) is 41.0 Å². The van der Waals surface area contributed by atoms with E-state index in [1.54, 1.807) is 12.1 Å². The largest absolute Gasteiger partial charge is 0.451 e. The topological polar surface area (TPSA) is 119 Å². The van der Waals surface area contributed by atoms with E-state index in [4.69, 9.17) is 9.84 Å². The zero-order chi connectivity index (χ0) is 20.7. The van der Waals surface area contributed by atoms with Gasteiger partial charge in [0.05, 0.1) is 17.1 Å². The van der Waals surface area contributed by atoms with Crippen molar-refractivity contribution < 1.29 is 24.4 Å². The van der Waals surface area contributed by atoms with E-state index in [1.165, 1.54) is 19.1 Å². The minimum absolute atomic E-state index is 0.0800. The Hall–Kier alpha value is -3.26. The molecule has 2 rings (SSSR count). The molecule has 0 aliphatic carbocycles. The molecule has 8 nitrogen and oxygen atoms in total. The molecule has 0 unspecified atom stereocenters. The molecule has 1 atom stereocenters. The lowest BCUT2D eigenvalue weighted by Gasteiger charge is -2.15. The molecule has 148 valence electrons. The zero-order valence-corrected chi connectivity index (χ0v) is 15.7. The van der Waals surface area contributed by atoms with Gasteiger partial charge in [-0.2, -0.15) is 0 Å². The van der Waals surface area contributed by atoms with Gasteiger partial charge in [0.15, 0.2) is 6.10 Å². The fraction of sp³-hybridized carbons (Fsp3) is 0.300. The summed E-state index contributed by atoms with van der Waals surface area (Å²) in [7, 11) is 0. The smallest absolute Gasteiger partial charge is 0.341 e. The highest BCUT2D eigenvalue weighted by molar-refractivity contribution is 6.02. The van der Waals surface area contributed by atoms with E-state index in [0.717, 1.165) is 18.1 Å². The molecule has 0 radical (unpaired) electrons. The van der Waals surface area contributed by atoms with Gasteiger partial charge in [0.25, 0.3) is 5.69 Å². The van der Waals surface area contributed by atoms with Crippen molar-refractivity contribution in [2.45, 2.75) is 26.4 Å². The molecule has 28 heavy (non-hydrogen) atoms. The predicted octanol–water partition coefficient (Wildman–Crippen LogP) is 2.99. The number of nitro groups is 1. The highest BCUT2D eigenvalue weighted by Gasteiger charge is 2.24. The number of Topliss-reactive ketones (excluding diaryl/α,β-unsaturated/α-hetero) is 1. The van der Waals surface area contributed by atoms with E-state index in [1.807, 2.05) is 19.1 Å². The number of nitrogens with zero attached hydrogens (tertiary/aromatic N) is 1. The van der Waals surface area contributed by atoms with Gasteiger partial charge < -0.3 is 15.2 Å². The Kier molecular flexibility index (Phi) is 7.22. The number of carbonyl (C=O) groups is 2. The molecule has 2 aromatic carbocycles. The van der Waals surface area contributed by atoms with Crippen LogP contribution in [-0.2, 0) is 11.2 Å². The maximum Gasteiger partial charge on any atom is 0.341 e. The van der Waals surface area contributed by atoms with Gasteiger partial charge in [-0.15, -0.1) is 0 Å². The first-order chi connectivity index (χ1) is 13.4. The average Bonchev–Trinajstić information content (AvgIpc) is 2.71. The number of esters is 1. The Labute approximate surface area is 162 Å². The number of non-ortho nitro benzene ring substituents is 1. The molecule has 0 bridgehead atoms. The van der Waals surface area contributed by atoms with E-state index in [2.05, 4.69) is 5.32 Å². The van der Waals surface area contributed by atoms with Gasteiger partial charge in [0.2, 0.25) is 5.78 Å². The molecular weight excluding hydrogens is 364 g/mol. The van der Waals surface area contributed by atoms with Gasteiger partial charge in [-0.05, 0) is 25.0 Å². The van der Waals surface area contributed by atoms with Crippen molar-refractivity contribution in [2.24, 2.45) is 0 Å². The summed E-state index contributed by atoms with van der Waals surface area (Å²) in [4.78, 5) is 35.4. The van der Waals surface area contributed by atoms with Gasteiger partial charge in [-0.3, -0.25) is 14.9 Å². The first kappa shape index (κ1) is 21.0. The zero-order valence-electron chi connectivity index (χ0n) is 15.7. The van der Waals surface area contributed by atoms with E-state index >= 15 is 0 Å². The molecule has 0 heterocycles. The highest BCUT2D eigenvalue weighted by Crippen LogP contribution is 2.24. The fourth-order valence-corrected chi connectivity index (χ4v) is 2.58. The van der Waals surface area contributed by atoms with Crippen LogP contribution in [0.25, 0.3) is 0 Å². The number of aliphatic hydroxyl groups is 1. The predicted molar refractivity (Wildman–Crippen MR) is 104 cm³/mol. The minimum Gasteiger partial charge on any atom is -0.451 e. The van der Waals surface area contributed by atoms with Crippen molar-refractivity contribution >= 4 is 23.1 Å². The van der Waals surface area contributed by atoms with Crippen LogP contribution in [0.2, 0.25) is 0 Å². The fourth-order valence-electron chi connectivity index (χ4n) is 2.58. The third-order valence-electron chi connectivity index (χ3n) is 4.16. The van der Waals surface area contributed by atoms with Crippen LogP contribution in [0.1, 0.15) is 40.1 Å². The van der Waals surface area contributed by atoms with Crippen LogP contribution in [0.4, 0.5) is 11.4 Å². The summed E-state index contributed by atoms with van der Waals surface area (Å²) in [5, 5.41) is 22.8. The standard InChI is InChI=1S/C20H22N2O6/c1-3-14-4-6-15(7-5-14)19(24)13(2)28-20(25)17-12-16(22(26)27)8-9-18(17)21-10-11-23/h4-9,12-13,21,23H,3,10-11H2,1-2H3/t13-/m0/s1. The molecule has 0 aromatic heterocycles. The first-order valence-electron chi connectivity index (χ1n) is 8.84. The lowest BCUT2D eigenvalue weighted by Crippen LogP contribution is -2.25. The number of aryl methyl sites for hydroxylation is 1. The molecule has 0 saturated carbocycles. The highest BCUT2D eigenvalue weighted by atomic mass is 16.6. The third kappa shape index (κ3) is 5.14. The number of nitro benzene ring substituents is 1. The Bertz CT molecular complexity index is 863. The maximum absolute atomic E-state index is 12.6. The summed E-state index contributed by atoms with van der Waals surface area (Å²) in [6, 6.07) is 10.7. The van der Waals surface area contributed by atoms with Crippen LogP contribution in [0.3, 0.4) is 0 Å². The summed E-state index contributed by atoms with van der Waals surface area (Å²) >= 11 is 0. The Morgan fingerprint density at radius 1 is 1.21 bits per heavy atom. The van der Waals surface area contributed by atoms with Crippen molar-refractivity contribution in [1.82, 2.24) is 0 Å². The number of nitrogens with one attached hydrogen (secondary N) is 1. The lowest BCUT2D eigenvalue weighted by molar-refractivity contribution is -0.384. The van der Waals surface area contributed by atoms with E-state index < -0.39 is 17.0 Å². The number of ether oxygens (including phenoxy) is 1. The summed E-state index contributed by atoms with van der Waals surface area (Å²) in [6.07, 6.45) is -0.222. The minimum atomic E-state index is -1.06. The third-order valence-corrected chi connectivity index (χ3v) is 4.16. The number of anilines is 1. The number of hydrogen-bond donors (Lipinski definition) is 2. The molecule has 0 saturated heterocycles. The van der Waals surface area contributed by atoms with Crippen LogP contribution < -0.4 is 5.32 Å². The van der Waals surface area contributed by atoms with Gasteiger partial charge in [0, 0.05) is 29.9 Å². The number of hydrogen-bond acceptors (Lipinski definition) is 7. The van der Waals surface area contributed by atoms with Gasteiger partial charge in [-0.25, -0.2) is 4.79 Å². The van der Waals surface area contributed by atoms with Crippen LogP contribution >= 0.6 is 0 Å². The monoisotopic (exact) mass is 386 g/mol. The quantitative estimate of drug-likeness (QED) is 0.294. The number of rotatable bonds is 9. The van der Waals surface area contributed by atoms with Gasteiger partial charge in [0.1, 0.15) is 0 Å². The van der Waals surface area contributed by atoms with Gasteiger partial charge in [-0.1, -0.05) is 31.2 Å². The molecule has 2 aromatic rings. The molecule has 0 spiro atoms. The van der Waals surface area contributed by atoms with E-state index in [-0.39, 0.29) is 35.9 Å². The molecule has 8 heteroatoms. The summed E-state index contributed by atoms with van der Waals surface area (Å²) in [6.45, 7) is 3.42. The molecule has 0 amide bonds. The average molecular weight is 386 g/mol. The van der Waals surface area contributed by atoms with Crippen molar-refractivity contribution in [3.63, 3.8) is 0 Å². The molecule has 2 N–H and O–H groups in total. The Balaban J connectivity index is 2.20. The van der Waals surface area contributed by atoms with Crippen LogP contribution in [0.15, 0.2) is 42.5 Å². The number of ketones is 1. The van der Waals surface area contributed by atoms with Crippen LogP contribution in [0.5, 0.6) is 0 Å². The van der Waals surface area contributed by atoms with E-state index in [9.17, 15) is 19.7 Å². The van der Waals surface area contributed by atoms with Crippen molar-refractivity contribution in [3.05, 3.63) is 69.3 Å². The molecule has 0 aliphatic rings.